The fourth-order valence-electron chi connectivity index (χ4n) is 3.48. The zero-order valence-electron chi connectivity index (χ0n) is 15.3. The molecule has 140 valence electrons. The van der Waals surface area contributed by atoms with Crippen molar-refractivity contribution in [2.75, 3.05) is 32.9 Å². The number of nitrogens with zero attached hydrogens (tertiary/aromatic N) is 2. The molecule has 0 radical (unpaired) electrons. The van der Waals surface area contributed by atoms with Crippen molar-refractivity contribution in [3.63, 3.8) is 0 Å². The first-order valence-electron chi connectivity index (χ1n) is 9.46. The van der Waals surface area contributed by atoms with Crippen LogP contribution in [0.25, 0.3) is 10.9 Å². The van der Waals surface area contributed by atoms with Gasteiger partial charge in [0.15, 0.2) is 0 Å². The number of fused-ring (bicyclic) bond motifs is 1. The summed E-state index contributed by atoms with van der Waals surface area (Å²) in [6, 6.07) is 17.9. The van der Waals surface area contributed by atoms with Crippen LogP contribution in [-0.2, 0) is 11.3 Å². The van der Waals surface area contributed by atoms with Crippen molar-refractivity contribution in [1.29, 1.82) is 0 Å². The lowest BCUT2D eigenvalue weighted by atomic mass is 10.1. The summed E-state index contributed by atoms with van der Waals surface area (Å²) < 4.78 is 13.3. The third kappa shape index (κ3) is 3.98. The van der Waals surface area contributed by atoms with Gasteiger partial charge >= 0.3 is 0 Å². The molecule has 0 saturated carbocycles. The molecule has 1 fully saturated rings. The molecule has 3 aromatic rings. The Balaban J connectivity index is 1.47. The summed E-state index contributed by atoms with van der Waals surface area (Å²) in [4.78, 5) is 14.9. The van der Waals surface area contributed by atoms with Gasteiger partial charge in [0.1, 0.15) is 5.75 Å². The maximum absolute atomic E-state index is 13.0. The SMILES string of the molecule is O=C(c1cn(CCCOc2ccccc2)c2ccccc12)N1CCOCC1. The van der Waals surface area contributed by atoms with E-state index in [0.29, 0.717) is 32.9 Å². The van der Waals surface area contributed by atoms with E-state index in [4.69, 9.17) is 9.47 Å². The van der Waals surface area contributed by atoms with Gasteiger partial charge in [0, 0.05) is 36.7 Å². The van der Waals surface area contributed by atoms with Crippen LogP contribution in [0.5, 0.6) is 5.75 Å². The van der Waals surface area contributed by atoms with Crippen LogP contribution in [0.1, 0.15) is 16.8 Å². The molecule has 2 heterocycles. The number of hydrogen-bond donors (Lipinski definition) is 0. The van der Waals surface area contributed by atoms with Gasteiger partial charge in [0.25, 0.3) is 5.91 Å². The summed E-state index contributed by atoms with van der Waals surface area (Å²) in [5.74, 6) is 0.979. The lowest BCUT2D eigenvalue weighted by Crippen LogP contribution is -2.40. The van der Waals surface area contributed by atoms with Gasteiger partial charge in [0.05, 0.1) is 25.4 Å². The molecular formula is C22H24N2O3. The molecule has 4 rings (SSSR count). The van der Waals surface area contributed by atoms with E-state index in [-0.39, 0.29) is 5.91 Å². The molecule has 0 bridgehead atoms. The van der Waals surface area contributed by atoms with Crippen molar-refractivity contribution in [2.24, 2.45) is 0 Å². The van der Waals surface area contributed by atoms with Crippen molar-refractivity contribution in [3.05, 3.63) is 66.4 Å². The van der Waals surface area contributed by atoms with Gasteiger partial charge in [0.2, 0.25) is 0 Å². The molecule has 1 aromatic heterocycles. The average Bonchev–Trinajstić information content (AvgIpc) is 3.11. The van der Waals surface area contributed by atoms with Crippen molar-refractivity contribution < 1.29 is 14.3 Å². The third-order valence-electron chi connectivity index (χ3n) is 4.87. The zero-order chi connectivity index (χ0) is 18.5. The van der Waals surface area contributed by atoms with Crippen molar-refractivity contribution in [2.45, 2.75) is 13.0 Å². The quantitative estimate of drug-likeness (QED) is 0.628. The maximum atomic E-state index is 13.0. The minimum atomic E-state index is 0.0915. The Morgan fingerprint density at radius 3 is 2.56 bits per heavy atom. The molecular weight excluding hydrogens is 340 g/mol. The van der Waals surface area contributed by atoms with Gasteiger partial charge in [-0.25, -0.2) is 0 Å². The summed E-state index contributed by atoms with van der Waals surface area (Å²) in [6.07, 6.45) is 2.86. The van der Waals surface area contributed by atoms with E-state index in [1.54, 1.807) is 0 Å². The van der Waals surface area contributed by atoms with Crippen LogP contribution in [-0.4, -0.2) is 48.3 Å². The summed E-state index contributed by atoms with van der Waals surface area (Å²) >= 11 is 0. The predicted octanol–water partition coefficient (Wildman–Crippen LogP) is 3.58. The Kier molecular flexibility index (Phi) is 5.39. The summed E-state index contributed by atoms with van der Waals surface area (Å²) in [6.45, 7) is 3.99. The van der Waals surface area contributed by atoms with Crippen LogP contribution in [0.3, 0.4) is 0 Å². The van der Waals surface area contributed by atoms with E-state index in [9.17, 15) is 4.79 Å². The van der Waals surface area contributed by atoms with Gasteiger partial charge in [-0.2, -0.15) is 0 Å². The van der Waals surface area contributed by atoms with Gasteiger partial charge in [-0.05, 0) is 24.6 Å². The highest BCUT2D eigenvalue weighted by atomic mass is 16.5. The molecule has 0 spiro atoms. The molecule has 0 N–H and O–H groups in total. The Hall–Kier alpha value is -2.79. The van der Waals surface area contributed by atoms with Crippen LogP contribution in [0.4, 0.5) is 0 Å². The monoisotopic (exact) mass is 364 g/mol. The second-order valence-corrected chi connectivity index (χ2v) is 6.67. The lowest BCUT2D eigenvalue weighted by Gasteiger charge is -2.26. The standard InChI is InChI=1S/C22H24N2O3/c25-22(23-12-15-26-16-13-23)20-17-24(21-10-5-4-9-19(20)21)11-6-14-27-18-7-2-1-3-8-18/h1-5,7-10,17H,6,11-16H2. The molecule has 27 heavy (non-hydrogen) atoms. The second kappa shape index (κ2) is 8.27. The number of rotatable bonds is 6. The van der Waals surface area contributed by atoms with E-state index in [1.807, 2.05) is 59.6 Å². The summed E-state index contributed by atoms with van der Waals surface area (Å²) in [5, 5.41) is 1.01. The lowest BCUT2D eigenvalue weighted by molar-refractivity contribution is 0.0304. The number of aryl methyl sites for hydroxylation is 1. The molecule has 0 aliphatic carbocycles. The predicted molar refractivity (Wildman–Crippen MR) is 105 cm³/mol. The number of carbonyl (C=O) groups is 1. The maximum Gasteiger partial charge on any atom is 0.256 e. The fourth-order valence-corrected chi connectivity index (χ4v) is 3.48. The molecule has 0 atom stereocenters. The van der Waals surface area contributed by atoms with E-state index in [2.05, 4.69) is 10.6 Å². The Bertz CT molecular complexity index is 898. The Morgan fingerprint density at radius 2 is 1.74 bits per heavy atom. The Labute approximate surface area is 159 Å². The number of morpholine rings is 1. The highest BCUT2D eigenvalue weighted by Gasteiger charge is 2.22. The Morgan fingerprint density at radius 1 is 1.00 bits per heavy atom. The van der Waals surface area contributed by atoms with Gasteiger partial charge in [-0.3, -0.25) is 4.79 Å². The van der Waals surface area contributed by atoms with Gasteiger partial charge in [-0.15, -0.1) is 0 Å². The molecule has 1 aliphatic heterocycles. The summed E-state index contributed by atoms with van der Waals surface area (Å²) in [7, 11) is 0. The zero-order valence-corrected chi connectivity index (χ0v) is 15.3. The average molecular weight is 364 g/mol. The number of aromatic nitrogens is 1. The first kappa shape index (κ1) is 17.6. The normalized spacial score (nSPS) is 14.4. The van der Waals surface area contributed by atoms with Crippen molar-refractivity contribution in [3.8, 4) is 5.75 Å². The molecule has 1 amide bonds. The van der Waals surface area contributed by atoms with Gasteiger partial charge < -0.3 is 18.9 Å². The number of hydrogen-bond acceptors (Lipinski definition) is 3. The number of ether oxygens (including phenoxy) is 2. The van der Waals surface area contributed by atoms with E-state index < -0.39 is 0 Å². The van der Waals surface area contributed by atoms with Crippen LogP contribution >= 0.6 is 0 Å². The first-order chi connectivity index (χ1) is 13.3. The smallest absolute Gasteiger partial charge is 0.256 e. The highest BCUT2D eigenvalue weighted by Crippen LogP contribution is 2.23. The van der Waals surface area contributed by atoms with Crippen molar-refractivity contribution >= 4 is 16.8 Å². The van der Waals surface area contributed by atoms with E-state index in [1.165, 1.54) is 0 Å². The molecule has 0 unspecified atom stereocenters. The largest absolute Gasteiger partial charge is 0.494 e. The van der Waals surface area contributed by atoms with E-state index >= 15 is 0 Å². The first-order valence-corrected chi connectivity index (χ1v) is 9.46. The number of carbonyl (C=O) groups excluding carboxylic acids is 1. The van der Waals surface area contributed by atoms with Crippen LogP contribution in [0.2, 0.25) is 0 Å². The van der Waals surface area contributed by atoms with Crippen molar-refractivity contribution in [1.82, 2.24) is 9.47 Å². The highest BCUT2D eigenvalue weighted by molar-refractivity contribution is 6.07. The number of para-hydroxylation sites is 2. The molecule has 5 nitrogen and oxygen atoms in total. The minimum Gasteiger partial charge on any atom is -0.494 e. The fraction of sp³-hybridized carbons (Fsp3) is 0.318. The third-order valence-corrected chi connectivity index (χ3v) is 4.87. The molecule has 1 aliphatic rings. The van der Waals surface area contributed by atoms with Crippen LogP contribution in [0.15, 0.2) is 60.8 Å². The van der Waals surface area contributed by atoms with Crippen LogP contribution < -0.4 is 4.74 Å². The minimum absolute atomic E-state index is 0.0915. The number of amides is 1. The van der Waals surface area contributed by atoms with Gasteiger partial charge in [-0.1, -0.05) is 36.4 Å². The topological polar surface area (TPSA) is 43.7 Å². The summed E-state index contributed by atoms with van der Waals surface area (Å²) in [5.41, 5.74) is 1.87. The second-order valence-electron chi connectivity index (χ2n) is 6.67. The molecule has 5 heteroatoms. The molecule has 1 saturated heterocycles. The van der Waals surface area contributed by atoms with E-state index in [0.717, 1.165) is 35.2 Å². The molecule has 2 aromatic carbocycles. The van der Waals surface area contributed by atoms with Crippen LogP contribution in [0, 0.1) is 0 Å². The number of benzene rings is 2.